The van der Waals surface area contributed by atoms with E-state index >= 15 is 0 Å². The van der Waals surface area contributed by atoms with E-state index in [0.29, 0.717) is 11.8 Å². The highest BCUT2D eigenvalue weighted by molar-refractivity contribution is 5.47. The molecule has 6 heteroatoms. The van der Waals surface area contributed by atoms with Crippen molar-refractivity contribution in [2.75, 3.05) is 0 Å². The molecule has 1 aromatic carbocycles. The second-order valence-electron chi connectivity index (χ2n) is 5.22. The third-order valence-electron chi connectivity index (χ3n) is 3.32. The van der Waals surface area contributed by atoms with Gasteiger partial charge in [-0.25, -0.2) is 0 Å². The Hall–Kier alpha value is -2.20. The van der Waals surface area contributed by atoms with Gasteiger partial charge in [0.15, 0.2) is 5.75 Å². The molecule has 2 atom stereocenters. The first kappa shape index (κ1) is 18.8. The Labute approximate surface area is 123 Å². The fourth-order valence-electron chi connectivity index (χ4n) is 2.18. The lowest BCUT2D eigenvalue weighted by molar-refractivity contribution is -0.385. The van der Waals surface area contributed by atoms with E-state index in [0.717, 1.165) is 24.8 Å². The molecule has 0 aliphatic carbocycles. The molecule has 0 aliphatic heterocycles. The number of nitro benzene ring substituents is 1. The number of hydrogen-bond donors (Lipinski definition) is 1. The van der Waals surface area contributed by atoms with Crippen LogP contribution in [0.2, 0.25) is 0 Å². The SMILES string of the molecule is CCC(C)C[C@@H](C)Cc1ccc(O)c([N+](=O)[O-])c1.O=C=O. The van der Waals surface area contributed by atoms with Gasteiger partial charge in [0, 0.05) is 6.07 Å². The number of nitrogens with zero attached hydrogens (tertiary/aromatic N) is 1. The molecular formula is C15H21NO5. The second-order valence-corrected chi connectivity index (χ2v) is 5.22. The average Bonchev–Trinajstić information content (AvgIpc) is 2.41. The predicted octanol–water partition coefficient (Wildman–Crippen LogP) is 3.33. The van der Waals surface area contributed by atoms with E-state index in [4.69, 9.17) is 9.59 Å². The van der Waals surface area contributed by atoms with Crippen molar-refractivity contribution in [1.29, 1.82) is 0 Å². The van der Waals surface area contributed by atoms with Crippen molar-refractivity contribution >= 4 is 11.8 Å². The van der Waals surface area contributed by atoms with Gasteiger partial charge >= 0.3 is 11.8 Å². The highest BCUT2D eigenvalue weighted by atomic mass is 16.6. The van der Waals surface area contributed by atoms with Gasteiger partial charge in [-0.2, -0.15) is 9.59 Å². The fourth-order valence-corrected chi connectivity index (χ4v) is 2.18. The van der Waals surface area contributed by atoms with Gasteiger partial charge in [0.2, 0.25) is 0 Å². The number of aromatic hydroxyl groups is 1. The number of carbonyl (C=O) groups excluding carboxylic acids is 2. The van der Waals surface area contributed by atoms with Crippen LogP contribution < -0.4 is 0 Å². The van der Waals surface area contributed by atoms with E-state index in [1.165, 1.54) is 12.1 Å². The van der Waals surface area contributed by atoms with Gasteiger partial charge in [-0.15, -0.1) is 0 Å². The van der Waals surface area contributed by atoms with Crippen LogP contribution in [0.5, 0.6) is 5.75 Å². The summed E-state index contributed by atoms with van der Waals surface area (Å²) in [5.74, 6) is 0.898. The molecule has 0 fully saturated rings. The zero-order chi connectivity index (χ0) is 16.4. The topological polar surface area (TPSA) is 97.5 Å². The lowest BCUT2D eigenvalue weighted by atomic mass is 9.90. The normalized spacial score (nSPS) is 12.5. The fraction of sp³-hybridized carbons (Fsp3) is 0.533. The maximum atomic E-state index is 10.7. The molecule has 116 valence electrons. The molecule has 0 saturated heterocycles. The molecule has 0 bridgehead atoms. The Bertz CT molecular complexity index is 495. The smallest absolute Gasteiger partial charge is 0.373 e. The van der Waals surface area contributed by atoms with Crippen LogP contribution in [-0.4, -0.2) is 16.2 Å². The van der Waals surface area contributed by atoms with Crippen LogP contribution in [0.25, 0.3) is 0 Å². The summed E-state index contributed by atoms with van der Waals surface area (Å²) < 4.78 is 0. The minimum Gasteiger partial charge on any atom is -0.502 e. The Kier molecular flexibility index (Phi) is 8.65. The molecule has 0 aromatic heterocycles. The van der Waals surface area contributed by atoms with Crippen LogP contribution in [0.1, 0.15) is 39.2 Å². The van der Waals surface area contributed by atoms with Crippen LogP contribution in [0.4, 0.5) is 5.69 Å². The molecule has 6 nitrogen and oxygen atoms in total. The molecule has 1 rings (SSSR count). The molecule has 1 unspecified atom stereocenters. The molecule has 1 N–H and O–H groups in total. The summed E-state index contributed by atoms with van der Waals surface area (Å²) in [5, 5.41) is 20.1. The van der Waals surface area contributed by atoms with Gasteiger partial charge in [-0.1, -0.05) is 33.3 Å². The van der Waals surface area contributed by atoms with Gasteiger partial charge in [-0.3, -0.25) is 10.1 Å². The largest absolute Gasteiger partial charge is 0.502 e. The van der Waals surface area contributed by atoms with Crippen molar-refractivity contribution in [2.24, 2.45) is 11.8 Å². The lowest BCUT2D eigenvalue weighted by Gasteiger charge is -2.15. The molecule has 21 heavy (non-hydrogen) atoms. The van der Waals surface area contributed by atoms with Crippen molar-refractivity contribution in [1.82, 2.24) is 0 Å². The summed E-state index contributed by atoms with van der Waals surface area (Å²) >= 11 is 0. The van der Waals surface area contributed by atoms with Crippen molar-refractivity contribution < 1.29 is 19.6 Å². The number of phenols is 1. The van der Waals surface area contributed by atoms with E-state index in [-0.39, 0.29) is 17.6 Å². The maximum Gasteiger partial charge on any atom is 0.373 e. The van der Waals surface area contributed by atoms with E-state index in [1.807, 2.05) is 0 Å². The summed E-state index contributed by atoms with van der Waals surface area (Å²) in [6.07, 6.45) is 3.33. The Balaban J connectivity index is 0.00000122. The first-order valence-electron chi connectivity index (χ1n) is 6.81. The number of rotatable bonds is 6. The van der Waals surface area contributed by atoms with E-state index in [2.05, 4.69) is 20.8 Å². The minimum absolute atomic E-state index is 0.205. The second kappa shape index (κ2) is 9.66. The molecule has 1 aromatic rings. The van der Waals surface area contributed by atoms with Crippen LogP contribution in [0, 0.1) is 22.0 Å². The van der Waals surface area contributed by atoms with Crippen molar-refractivity contribution in [3.8, 4) is 5.75 Å². The number of phenolic OH excluding ortho intramolecular Hbond substituents is 1. The molecule has 0 amide bonds. The van der Waals surface area contributed by atoms with E-state index in [1.54, 1.807) is 6.07 Å². The molecular weight excluding hydrogens is 274 g/mol. The van der Waals surface area contributed by atoms with Crippen LogP contribution in [-0.2, 0) is 16.0 Å². The number of benzene rings is 1. The van der Waals surface area contributed by atoms with E-state index in [9.17, 15) is 15.2 Å². The highest BCUT2D eigenvalue weighted by Gasteiger charge is 2.15. The monoisotopic (exact) mass is 295 g/mol. The molecule has 0 saturated carbocycles. The first-order chi connectivity index (χ1) is 9.85. The van der Waals surface area contributed by atoms with Crippen molar-refractivity contribution in [3.63, 3.8) is 0 Å². The van der Waals surface area contributed by atoms with E-state index < -0.39 is 4.92 Å². The highest BCUT2D eigenvalue weighted by Crippen LogP contribution is 2.28. The molecule has 0 heterocycles. The molecule has 0 spiro atoms. The molecule has 0 radical (unpaired) electrons. The van der Waals surface area contributed by atoms with Gasteiger partial charge < -0.3 is 5.11 Å². The Morgan fingerprint density at radius 3 is 2.33 bits per heavy atom. The maximum absolute atomic E-state index is 10.7. The zero-order valence-electron chi connectivity index (χ0n) is 12.5. The third-order valence-corrected chi connectivity index (χ3v) is 3.32. The number of nitro groups is 1. The summed E-state index contributed by atoms with van der Waals surface area (Å²) in [6, 6.07) is 4.64. The summed E-state index contributed by atoms with van der Waals surface area (Å²) in [5.41, 5.74) is 0.707. The standard InChI is InChI=1S/C14H21NO3.CO2/c1-4-10(2)7-11(3)8-12-5-6-14(16)13(9-12)15(17)18;2-1-3/h5-6,9-11,16H,4,7-8H2,1-3H3;/t10?,11-;/m1./s1. The predicted molar refractivity (Wildman–Crippen MR) is 76.7 cm³/mol. The number of hydrogen-bond acceptors (Lipinski definition) is 5. The Morgan fingerprint density at radius 2 is 1.86 bits per heavy atom. The summed E-state index contributed by atoms with van der Waals surface area (Å²) in [4.78, 5) is 26.4. The zero-order valence-corrected chi connectivity index (χ0v) is 12.5. The van der Waals surface area contributed by atoms with Gasteiger partial charge in [0.25, 0.3) is 0 Å². The lowest BCUT2D eigenvalue weighted by Crippen LogP contribution is -2.05. The molecule has 0 aliphatic rings. The van der Waals surface area contributed by atoms with Crippen molar-refractivity contribution in [2.45, 2.75) is 40.0 Å². The first-order valence-corrected chi connectivity index (χ1v) is 6.81. The van der Waals surface area contributed by atoms with Gasteiger partial charge in [0.05, 0.1) is 4.92 Å². The minimum atomic E-state index is -0.543. The van der Waals surface area contributed by atoms with Crippen LogP contribution in [0.15, 0.2) is 18.2 Å². The van der Waals surface area contributed by atoms with Crippen molar-refractivity contribution in [3.05, 3.63) is 33.9 Å². The third kappa shape index (κ3) is 7.22. The van der Waals surface area contributed by atoms with Crippen LogP contribution >= 0.6 is 0 Å². The van der Waals surface area contributed by atoms with Crippen LogP contribution in [0.3, 0.4) is 0 Å². The Morgan fingerprint density at radius 1 is 1.29 bits per heavy atom. The summed E-state index contributed by atoms with van der Waals surface area (Å²) in [7, 11) is 0. The average molecular weight is 295 g/mol. The van der Waals surface area contributed by atoms with Gasteiger partial charge in [0.1, 0.15) is 0 Å². The van der Waals surface area contributed by atoms with Gasteiger partial charge in [-0.05, 0) is 36.3 Å². The summed E-state index contributed by atoms with van der Waals surface area (Å²) in [6.45, 7) is 6.55. The quantitative estimate of drug-likeness (QED) is 0.641.